The lowest BCUT2D eigenvalue weighted by Crippen LogP contribution is -2.58. The lowest BCUT2D eigenvalue weighted by molar-refractivity contribution is -0.144. The quantitative estimate of drug-likeness (QED) is 0.0512. The van der Waals surface area contributed by atoms with Crippen molar-refractivity contribution in [3.05, 3.63) is 125 Å². The van der Waals surface area contributed by atoms with Crippen molar-refractivity contribution in [1.82, 2.24) is 35.3 Å². The number of fused-ring (bicyclic) bond motifs is 1. The SMILES string of the molecule is Cc1ncsc1-c1ccc(CNC(=O)C2CC(O)CN2C(=O)C(NC(=O)COCCOc2ccc(-n3cc(-c4ccc5c(c4)CC/C5=N\O)c(-c4ccncc4)n3)cc2)C(C)(C)C)cc1. The first-order valence-electron chi connectivity index (χ1n) is 21.6. The van der Waals surface area contributed by atoms with Crippen molar-refractivity contribution in [2.75, 3.05) is 26.4 Å². The van der Waals surface area contributed by atoms with Gasteiger partial charge in [0.25, 0.3) is 0 Å². The number of carbonyl (C=O) groups excluding carboxylic acids is 3. The van der Waals surface area contributed by atoms with E-state index in [-0.39, 0.29) is 45.2 Å². The van der Waals surface area contributed by atoms with E-state index in [1.165, 1.54) is 4.90 Å². The molecule has 3 atom stereocenters. The first-order chi connectivity index (χ1) is 31.4. The second-order valence-corrected chi connectivity index (χ2v) is 18.2. The van der Waals surface area contributed by atoms with Gasteiger partial charge in [0, 0.05) is 54.8 Å². The van der Waals surface area contributed by atoms with Crippen LogP contribution in [-0.2, 0) is 32.1 Å². The standard InChI is InChI=1S/C49H52N8O7S/c1-30-45(65-29-52-30)33-7-5-31(6-8-33)25-51-47(60)42-24-37(58)26-56(42)48(61)46(49(2,3)4)53-43(59)28-63-21-22-64-38-13-11-36(12-14-38)57-27-40(44(54-57)32-17-19-50-20-18-32)35-9-15-39-34(23-35)10-16-41(39)55-62/h5-9,11-15,17-20,23,27,29,37,42,46,58,62H,10,16,21-22,24-26,28H2,1-4H3,(H,51,60)(H,53,59)/b55-41+. The van der Waals surface area contributed by atoms with Gasteiger partial charge in [-0.25, -0.2) is 9.67 Å². The average molecular weight is 897 g/mol. The van der Waals surface area contributed by atoms with Gasteiger partial charge in [-0.15, -0.1) is 11.3 Å². The Hall–Kier alpha value is -6.75. The molecule has 8 rings (SSSR count). The second kappa shape index (κ2) is 19.6. The highest BCUT2D eigenvalue weighted by Crippen LogP contribution is 2.35. The Morgan fingerprint density at radius 2 is 1.69 bits per heavy atom. The predicted octanol–water partition coefficient (Wildman–Crippen LogP) is 6.36. The summed E-state index contributed by atoms with van der Waals surface area (Å²) in [5.41, 5.74) is 11.3. The fourth-order valence-electron chi connectivity index (χ4n) is 8.24. The van der Waals surface area contributed by atoms with E-state index in [1.54, 1.807) is 23.7 Å². The average Bonchev–Trinajstić information content (AvgIpc) is 4.13. The molecule has 336 valence electrons. The number of likely N-dealkylation sites (tertiary alicyclic amines) is 1. The number of aryl methyl sites for hydroxylation is 2. The Balaban J connectivity index is 0.827. The molecule has 16 heteroatoms. The van der Waals surface area contributed by atoms with Gasteiger partial charge >= 0.3 is 0 Å². The number of β-amino-alcohol motifs (C(OH)–C–C–N with tert-alkyl or cyclic N) is 1. The van der Waals surface area contributed by atoms with Gasteiger partial charge in [-0.3, -0.25) is 19.4 Å². The van der Waals surface area contributed by atoms with E-state index in [0.29, 0.717) is 17.9 Å². The molecule has 3 aromatic carbocycles. The largest absolute Gasteiger partial charge is 0.491 e. The van der Waals surface area contributed by atoms with Gasteiger partial charge in [-0.1, -0.05) is 68.4 Å². The zero-order chi connectivity index (χ0) is 45.7. The van der Waals surface area contributed by atoms with Gasteiger partial charge in [0.05, 0.1) is 40.2 Å². The summed E-state index contributed by atoms with van der Waals surface area (Å²) in [6.07, 6.45) is 6.20. The number of aromatic nitrogens is 4. The summed E-state index contributed by atoms with van der Waals surface area (Å²) < 4.78 is 13.4. The van der Waals surface area contributed by atoms with Crippen LogP contribution in [0.4, 0.5) is 0 Å². The molecular formula is C49H52N8O7S. The zero-order valence-electron chi connectivity index (χ0n) is 36.7. The fraction of sp³-hybridized carbons (Fsp3) is 0.327. The van der Waals surface area contributed by atoms with E-state index in [9.17, 15) is 24.7 Å². The molecule has 0 bridgehead atoms. The van der Waals surface area contributed by atoms with Crippen LogP contribution in [-0.4, -0.2) is 103 Å². The van der Waals surface area contributed by atoms with Crippen molar-refractivity contribution in [3.63, 3.8) is 0 Å². The molecule has 4 N–H and O–H groups in total. The molecule has 2 aliphatic rings. The minimum Gasteiger partial charge on any atom is -0.491 e. The van der Waals surface area contributed by atoms with E-state index in [1.807, 2.05) is 117 Å². The van der Waals surface area contributed by atoms with Gasteiger partial charge < -0.3 is 35.3 Å². The first kappa shape index (κ1) is 44.8. The summed E-state index contributed by atoms with van der Waals surface area (Å²) in [5, 5.41) is 34.2. The Labute approximate surface area is 381 Å². The summed E-state index contributed by atoms with van der Waals surface area (Å²) in [5.74, 6) is -0.711. The van der Waals surface area contributed by atoms with Gasteiger partial charge in [0.1, 0.15) is 36.7 Å². The van der Waals surface area contributed by atoms with Crippen LogP contribution in [0.15, 0.2) is 108 Å². The fourth-order valence-corrected chi connectivity index (χ4v) is 9.05. The predicted molar refractivity (Wildman–Crippen MR) is 247 cm³/mol. The third kappa shape index (κ3) is 10.3. The van der Waals surface area contributed by atoms with Crippen molar-refractivity contribution < 1.29 is 34.2 Å². The van der Waals surface area contributed by atoms with Crippen molar-refractivity contribution in [3.8, 4) is 44.3 Å². The topological polar surface area (TPSA) is 193 Å². The van der Waals surface area contributed by atoms with Gasteiger partial charge in [-0.05, 0) is 83.8 Å². The Morgan fingerprint density at radius 3 is 2.40 bits per heavy atom. The number of ether oxygens (including phenoxy) is 2. The van der Waals surface area contributed by atoms with Crippen molar-refractivity contribution in [2.24, 2.45) is 10.6 Å². The van der Waals surface area contributed by atoms with Crippen molar-refractivity contribution >= 4 is 34.8 Å². The molecule has 0 saturated carbocycles. The highest BCUT2D eigenvalue weighted by Gasteiger charge is 2.44. The molecule has 3 unspecified atom stereocenters. The third-order valence-electron chi connectivity index (χ3n) is 11.7. The van der Waals surface area contributed by atoms with E-state index in [0.717, 1.165) is 67.3 Å². The van der Waals surface area contributed by atoms with Gasteiger partial charge in [0.2, 0.25) is 17.7 Å². The molecule has 6 aromatic rings. The number of carbonyl (C=O) groups is 3. The maximum Gasteiger partial charge on any atom is 0.246 e. The van der Waals surface area contributed by atoms with E-state index < -0.39 is 35.4 Å². The first-order valence-corrected chi connectivity index (χ1v) is 22.4. The number of oxime groups is 1. The highest BCUT2D eigenvalue weighted by molar-refractivity contribution is 7.13. The molecule has 1 aliphatic carbocycles. The number of pyridine rings is 1. The maximum absolute atomic E-state index is 14.0. The number of hydrogen-bond donors (Lipinski definition) is 4. The number of thiazole rings is 1. The number of amides is 3. The van der Waals surface area contributed by atoms with Crippen LogP contribution in [0.3, 0.4) is 0 Å². The maximum atomic E-state index is 14.0. The van der Waals surface area contributed by atoms with E-state index in [4.69, 9.17) is 14.6 Å². The molecule has 1 aliphatic heterocycles. The lowest BCUT2D eigenvalue weighted by Gasteiger charge is -2.35. The molecule has 0 spiro atoms. The van der Waals surface area contributed by atoms with Crippen LogP contribution in [0.5, 0.6) is 5.75 Å². The van der Waals surface area contributed by atoms with Gasteiger partial charge in [0.15, 0.2) is 0 Å². The summed E-state index contributed by atoms with van der Waals surface area (Å²) >= 11 is 1.57. The number of benzene rings is 3. The second-order valence-electron chi connectivity index (χ2n) is 17.3. The highest BCUT2D eigenvalue weighted by atomic mass is 32.1. The minimum atomic E-state index is -0.980. The van der Waals surface area contributed by atoms with Crippen LogP contribution in [0.1, 0.15) is 56.0 Å². The molecule has 1 fully saturated rings. The smallest absolute Gasteiger partial charge is 0.246 e. The van der Waals surface area contributed by atoms with Crippen molar-refractivity contribution in [1.29, 1.82) is 0 Å². The lowest BCUT2D eigenvalue weighted by atomic mass is 9.85. The van der Waals surface area contributed by atoms with Gasteiger partial charge in [-0.2, -0.15) is 5.10 Å². The van der Waals surface area contributed by atoms with Crippen LogP contribution in [0, 0.1) is 12.3 Å². The van der Waals surface area contributed by atoms with Crippen LogP contribution < -0.4 is 15.4 Å². The molecule has 3 amide bonds. The molecule has 0 radical (unpaired) electrons. The third-order valence-corrected chi connectivity index (χ3v) is 12.7. The number of nitrogens with zero attached hydrogens (tertiary/aromatic N) is 6. The molecule has 1 saturated heterocycles. The van der Waals surface area contributed by atoms with Crippen LogP contribution in [0.25, 0.3) is 38.5 Å². The normalized spacial score (nSPS) is 16.9. The molecular weight excluding hydrogens is 845 g/mol. The van der Waals surface area contributed by atoms with Crippen LogP contribution >= 0.6 is 11.3 Å². The summed E-state index contributed by atoms with van der Waals surface area (Å²) in [6.45, 7) is 7.67. The molecule has 3 aromatic heterocycles. The van der Waals surface area contributed by atoms with E-state index in [2.05, 4.69) is 31.8 Å². The Kier molecular flexibility index (Phi) is 13.5. The summed E-state index contributed by atoms with van der Waals surface area (Å²) in [7, 11) is 0. The number of aliphatic hydroxyl groups excluding tert-OH is 1. The zero-order valence-corrected chi connectivity index (χ0v) is 37.5. The monoisotopic (exact) mass is 896 g/mol. The number of aliphatic hydroxyl groups is 1. The summed E-state index contributed by atoms with van der Waals surface area (Å²) in [6, 6.07) is 23.5. The molecule has 15 nitrogen and oxygen atoms in total. The Bertz CT molecular complexity index is 2680. The molecule has 65 heavy (non-hydrogen) atoms. The number of rotatable bonds is 15. The summed E-state index contributed by atoms with van der Waals surface area (Å²) in [4.78, 5) is 51.6. The minimum absolute atomic E-state index is 0.0222. The van der Waals surface area contributed by atoms with Crippen molar-refractivity contribution in [2.45, 2.75) is 71.7 Å². The van der Waals surface area contributed by atoms with Crippen LogP contribution in [0.2, 0.25) is 0 Å². The number of nitrogens with one attached hydrogen (secondary N) is 2. The molecule has 4 heterocycles. The van der Waals surface area contributed by atoms with E-state index >= 15 is 0 Å². The Morgan fingerprint density at radius 1 is 0.938 bits per heavy atom. The number of hydrogen-bond acceptors (Lipinski definition) is 12.